The Morgan fingerprint density at radius 3 is 1.78 bits per heavy atom. The number of hydrogen-bond donors (Lipinski definition) is 1. The molecule has 32 heavy (non-hydrogen) atoms. The number of carbonyl (C=O) groups excluding carboxylic acids is 1. The van der Waals surface area contributed by atoms with Crippen molar-refractivity contribution >= 4 is 11.8 Å². The van der Waals surface area contributed by atoms with Gasteiger partial charge in [0, 0.05) is 13.0 Å². The number of ether oxygens (including phenoxy) is 2. The lowest BCUT2D eigenvalue weighted by atomic mass is 10.0. The van der Waals surface area contributed by atoms with Crippen LogP contribution in [-0.4, -0.2) is 35.9 Å². The normalized spacial score (nSPS) is 13.7. The summed E-state index contributed by atoms with van der Waals surface area (Å²) >= 11 is 0. The molecule has 0 bridgehead atoms. The molecule has 2 unspecified atom stereocenters. The first-order valence-electron chi connectivity index (χ1n) is 13.0. The van der Waals surface area contributed by atoms with Crippen molar-refractivity contribution in [2.75, 3.05) is 6.61 Å². The van der Waals surface area contributed by atoms with Gasteiger partial charge in [0.15, 0.2) is 6.29 Å². The van der Waals surface area contributed by atoms with Crippen LogP contribution in [0.2, 0.25) is 0 Å². The first kappa shape index (κ1) is 30.8. The Labute approximate surface area is 197 Å². The average molecular weight is 455 g/mol. The highest BCUT2D eigenvalue weighted by atomic mass is 16.7. The molecule has 0 saturated heterocycles. The summed E-state index contributed by atoms with van der Waals surface area (Å²) in [5, 5.41) is 9.21. The van der Waals surface area contributed by atoms with Gasteiger partial charge in [-0.25, -0.2) is 0 Å². The summed E-state index contributed by atoms with van der Waals surface area (Å²) < 4.78 is 11.4. The Bertz CT molecular complexity index is 472. The van der Waals surface area contributed by atoms with Gasteiger partial charge in [-0.2, -0.15) is 0 Å². The Morgan fingerprint density at radius 2 is 1.31 bits per heavy atom. The highest BCUT2D eigenvalue weighted by molar-refractivity contribution is 5.96. The molecular weight excluding hydrogens is 404 g/mol. The van der Waals surface area contributed by atoms with Crippen molar-refractivity contribution in [3.8, 4) is 0 Å². The van der Waals surface area contributed by atoms with Crippen LogP contribution in [0.3, 0.4) is 0 Å². The van der Waals surface area contributed by atoms with Crippen LogP contribution in [0.4, 0.5) is 0 Å². The fourth-order valence-corrected chi connectivity index (χ4v) is 3.66. The maximum atomic E-state index is 11.5. The van der Waals surface area contributed by atoms with E-state index in [1.807, 2.05) is 13.8 Å². The van der Waals surface area contributed by atoms with Gasteiger partial charge in [-0.3, -0.25) is 9.59 Å². The second-order valence-electron chi connectivity index (χ2n) is 9.16. The zero-order chi connectivity index (χ0) is 24.0. The number of Topliss-reactive ketones (excluding diaryl/α,β-unsaturated/α-hetero) is 1. The largest absolute Gasteiger partial charge is 0.481 e. The van der Waals surface area contributed by atoms with E-state index in [0.717, 1.165) is 12.8 Å². The van der Waals surface area contributed by atoms with E-state index in [9.17, 15) is 14.7 Å². The summed E-state index contributed by atoms with van der Waals surface area (Å²) in [4.78, 5) is 22.8. The van der Waals surface area contributed by atoms with E-state index < -0.39 is 18.2 Å². The molecule has 0 aromatic rings. The van der Waals surface area contributed by atoms with Crippen LogP contribution < -0.4 is 0 Å². The summed E-state index contributed by atoms with van der Waals surface area (Å²) in [6.07, 6.45) is 21.6. The van der Waals surface area contributed by atoms with Crippen molar-refractivity contribution in [1.29, 1.82) is 0 Å². The van der Waals surface area contributed by atoms with Crippen molar-refractivity contribution < 1.29 is 24.2 Å². The highest BCUT2D eigenvalue weighted by Crippen LogP contribution is 2.16. The smallest absolute Gasteiger partial charge is 0.314 e. The molecule has 0 aromatic heterocycles. The van der Waals surface area contributed by atoms with Crippen LogP contribution >= 0.6 is 0 Å². The summed E-state index contributed by atoms with van der Waals surface area (Å²) in [5.74, 6) is -2.55. The first-order valence-corrected chi connectivity index (χ1v) is 13.0. The lowest BCUT2D eigenvalue weighted by Crippen LogP contribution is -2.31. The van der Waals surface area contributed by atoms with Gasteiger partial charge in [-0.15, -0.1) is 0 Å². The predicted molar refractivity (Wildman–Crippen MR) is 132 cm³/mol. The third kappa shape index (κ3) is 19.5. The molecule has 0 aliphatic carbocycles. The van der Waals surface area contributed by atoms with Crippen LogP contribution in [0.1, 0.15) is 124 Å². The SMILES string of the molecule is CCCCCCCC/C=C\CCCCCCCCOC(CC(C(C)=O)C(=O)O)OC(C)C. The minimum Gasteiger partial charge on any atom is -0.481 e. The summed E-state index contributed by atoms with van der Waals surface area (Å²) in [6, 6.07) is 0. The third-order valence-corrected chi connectivity index (χ3v) is 5.60. The molecule has 0 amide bonds. The molecule has 5 heteroatoms. The van der Waals surface area contributed by atoms with Crippen LogP contribution in [0.5, 0.6) is 0 Å². The molecule has 0 rings (SSSR count). The number of rotatable bonds is 23. The second kappa shape index (κ2) is 21.6. The zero-order valence-electron chi connectivity index (χ0n) is 21.3. The number of aliphatic carboxylic acids is 1. The standard InChI is InChI=1S/C27H50O5/c1-5-6-7-8-9-10-11-12-13-14-15-16-17-18-19-20-21-31-26(32-23(2)3)22-25(24(4)28)27(29)30/h12-13,23,25-26H,5-11,14-22H2,1-4H3,(H,29,30)/b13-12-. The monoisotopic (exact) mass is 454 g/mol. The summed E-state index contributed by atoms with van der Waals surface area (Å²) in [7, 11) is 0. The van der Waals surface area contributed by atoms with Gasteiger partial charge >= 0.3 is 5.97 Å². The minimum absolute atomic E-state index is 0.0647. The van der Waals surface area contributed by atoms with Gasteiger partial charge in [-0.05, 0) is 52.9 Å². The number of ketones is 1. The Balaban J connectivity index is 3.71. The van der Waals surface area contributed by atoms with Gasteiger partial charge in [-0.1, -0.05) is 76.9 Å². The summed E-state index contributed by atoms with van der Waals surface area (Å²) in [6.45, 7) is 7.85. The van der Waals surface area contributed by atoms with Crippen molar-refractivity contribution in [1.82, 2.24) is 0 Å². The van der Waals surface area contributed by atoms with Crippen molar-refractivity contribution in [3.05, 3.63) is 12.2 Å². The lowest BCUT2D eigenvalue weighted by molar-refractivity contribution is -0.179. The molecule has 0 aromatic carbocycles. The second-order valence-corrected chi connectivity index (χ2v) is 9.16. The van der Waals surface area contributed by atoms with E-state index in [4.69, 9.17) is 9.47 Å². The molecule has 0 heterocycles. The predicted octanol–water partition coefficient (Wildman–Crippen LogP) is 7.47. The fraction of sp³-hybridized carbons (Fsp3) is 0.852. The highest BCUT2D eigenvalue weighted by Gasteiger charge is 2.28. The van der Waals surface area contributed by atoms with E-state index >= 15 is 0 Å². The summed E-state index contributed by atoms with van der Waals surface area (Å²) in [5.41, 5.74) is 0. The van der Waals surface area contributed by atoms with Gasteiger partial charge in [0.2, 0.25) is 0 Å². The molecule has 0 aliphatic heterocycles. The third-order valence-electron chi connectivity index (χ3n) is 5.60. The van der Waals surface area contributed by atoms with Gasteiger partial charge in [0.05, 0.1) is 6.10 Å². The van der Waals surface area contributed by atoms with Crippen LogP contribution in [0.25, 0.3) is 0 Å². The number of unbranched alkanes of at least 4 members (excludes halogenated alkanes) is 12. The lowest BCUT2D eigenvalue weighted by Gasteiger charge is -2.23. The maximum absolute atomic E-state index is 11.5. The van der Waals surface area contributed by atoms with Crippen molar-refractivity contribution in [2.24, 2.45) is 5.92 Å². The molecular formula is C27H50O5. The molecule has 0 aliphatic rings. The number of allylic oxidation sites excluding steroid dienone is 2. The number of carboxylic acids is 1. The topological polar surface area (TPSA) is 72.8 Å². The number of hydrogen-bond acceptors (Lipinski definition) is 4. The quantitative estimate of drug-likeness (QED) is 0.0750. The Morgan fingerprint density at radius 1 is 0.812 bits per heavy atom. The molecule has 0 fully saturated rings. The van der Waals surface area contributed by atoms with Gasteiger partial charge < -0.3 is 14.6 Å². The van der Waals surface area contributed by atoms with Gasteiger partial charge in [0.25, 0.3) is 0 Å². The molecule has 0 saturated carbocycles. The van der Waals surface area contributed by atoms with Crippen molar-refractivity contribution in [3.63, 3.8) is 0 Å². The van der Waals surface area contributed by atoms with Crippen molar-refractivity contribution in [2.45, 2.75) is 136 Å². The van der Waals surface area contributed by atoms with Crippen LogP contribution in [0.15, 0.2) is 12.2 Å². The van der Waals surface area contributed by atoms with E-state index in [2.05, 4.69) is 19.1 Å². The Kier molecular flexibility index (Phi) is 20.8. The number of carboxylic acid groups (broad SMARTS) is 1. The molecule has 5 nitrogen and oxygen atoms in total. The molecule has 2 atom stereocenters. The molecule has 1 N–H and O–H groups in total. The average Bonchev–Trinajstić information content (AvgIpc) is 2.73. The van der Waals surface area contributed by atoms with Crippen LogP contribution in [-0.2, 0) is 19.1 Å². The van der Waals surface area contributed by atoms with E-state index in [0.29, 0.717) is 6.61 Å². The minimum atomic E-state index is -1.12. The Hall–Kier alpha value is -1.20. The van der Waals surface area contributed by atoms with E-state index in [-0.39, 0.29) is 18.3 Å². The van der Waals surface area contributed by atoms with Gasteiger partial charge in [0.1, 0.15) is 11.7 Å². The zero-order valence-corrected chi connectivity index (χ0v) is 21.3. The molecule has 188 valence electrons. The first-order chi connectivity index (χ1) is 15.4. The number of carbonyl (C=O) groups is 2. The maximum Gasteiger partial charge on any atom is 0.314 e. The van der Waals surface area contributed by atoms with E-state index in [1.165, 1.54) is 84.0 Å². The van der Waals surface area contributed by atoms with E-state index in [1.54, 1.807) is 0 Å². The van der Waals surface area contributed by atoms with Crippen LogP contribution in [0, 0.1) is 5.92 Å². The molecule has 0 radical (unpaired) electrons. The fourth-order valence-electron chi connectivity index (χ4n) is 3.66. The molecule has 0 spiro atoms.